The fraction of sp³-hybridized carbons (Fsp3) is 0.353. The van der Waals surface area contributed by atoms with E-state index in [1.807, 2.05) is 55.5 Å². The van der Waals surface area contributed by atoms with Crippen molar-refractivity contribution in [1.29, 1.82) is 0 Å². The average Bonchev–Trinajstić information content (AvgIpc) is 3.20. The van der Waals surface area contributed by atoms with Crippen LogP contribution in [0.3, 0.4) is 0 Å². The lowest BCUT2D eigenvalue weighted by atomic mass is 9.94. The van der Waals surface area contributed by atoms with Crippen molar-refractivity contribution in [2.75, 3.05) is 13.2 Å². The van der Waals surface area contributed by atoms with Crippen LogP contribution in [-0.2, 0) is 16.1 Å². The van der Waals surface area contributed by atoms with Gasteiger partial charge in [-0.05, 0) is 66.8 Å². The van der Waals surface area contributed by atoms with Crippen LogP contribution in [0.5, 0.6) is 11.5 Å². The molecular weight excluding hydrogens is 502 g/mol. The summed E-state index contributed by atoms with van der Waals surface area (Å²) in [5, 5.41) is 11.4. The first kappa shape index (κ1) is 28.9. The maximum absolute atomic E-state index is 13.4. The molecule has 210 valence electrons. The van der Waals surface area contributed by atoms with Gasteiger partial charge in [0.15, 0.2) is 0 Å². The largest absolute Gasteiger partial charge is 0.507 e. The van der Waals surface area contributed by atoms with Gasteiger partial charge in [-0.1, -0.05) is 75.6 Å². The minimum atomic E-state index is -0.721. The van der Waals surface area contributed by atoms with Crippen LogP contribution in [0.4, 0.5) is 0 Å². The third-order valence-corrected chi connectivity index (χ3v) is 6.90. The van der Waals surface area contributed by atoms with E-state index in [0.717, 1.165) is 41.7 Å². The molecule has 6 heteroatoms. The molecule has 0 aromatic heterocycles. The Kier molecular flexibility index (Phi) is 9.65. The third-order valence-electron chi connectivity index (χ3n) is 6.90. The molecular formula is C34H39NO5. The number of rotatable bonds is 12. The first-order chi connectivity index (χ1) is 19.3. The quantitative estimate of drug-likeness (QED) is 0.113. The standard InChI is InChI=1S/C34H39NO5/c1-5-6-7-19-39-28-17-13-26(14-18-28)32(36)30-31(27-10-8-9-24(4)20-27)35(34(38)33(30)37)21-25-11-15-29(16-12-25)40-22-23(2)3/h8-18,20,23,31,36H,5-7,19,21-22H2,1-4H3/b32-30-. The van der Waals surface area contributed by atoms with E-state index in [1.165, 1.54) is 4.90 Å². The highest BCUT2D eigenvalue weighted by Crippen LogP contribution is 2.40. The molecule has 1 atom stereocenters. The molecule has 0 saturated carbocycles. The Morgan fingerprint density at radius 3 is 2.25 bits per heavy atom. The van der Waals surface area contributed by atoms with Gasteiger partial charge >= 0.3 is 0 Å². The fourth-order valence-corrected chi connectivity index (χ4v) is 4.79. The van der Waals surface area contributed by atoms with Crippen molar-refractivity contribution in [1.82, 2.24) is 4.90 Å². The number of hydrogen-bond donors (Lipinski definition) is 1. The number of aliphatic hydroxyl groups is 1. The third kappa shape index (κ3) is 6.92. The number of nitrogens with zero attached hydrogens (tertiary/aromatic N) is 1. The number of benzene rings is 3. The first-order valence-electron chi connectivity index (χ1n) is 14.1. The number of hydrogen-bond acceptors (Lipinski definition) is 5. The predicted octanol–water partition coefficient (Wildman–Crippen LogP) is 7.22. The van der Waals surface area contributed by atoms with E-state index in [9.17, 15) is 14.7 Å². The van der Waals surface area contributed by atoms with Crippen molar-refractivity contribution in [3.8, 4) is 11.5 Å². The smallest absolute Gasteiger partial charge is 0.295 e. The van der Waals surface area contributed by atoms with Crippen LogP contribution in [-0.4, -0.2) is 34.9 Å². The number of ether oxygens (including phenoxy) is 2. The summed E-state index contributed by atoms with van der Waals surface area (Å²) < 4.78 is 11.6. The van der Waals surface area contributed by atoms with E-state index in [4.69, 9.17) is 9.47 Å². The predicted molar refractivity (Wildman–Crippen MR) is 157 cm³/mol. The average molecular weight is 542 g/mol. The number of ketones is 1. The Bertz CT molecular complexity index is 1340. The van der Waals surface area contributed by atoms with E-state index in [0.29, 0.717) is 30.4 Å². The topological polar surface area (TPSA) is 76.1 Å². The number of likely N-dealkylation sites (tertiary alicyclic amines) is 1. The van der Waals surface area contributed by atoms with Crippen molar-refractivity contribution >= 4 is 17.4 Å². The Balaban J connectivity index is 1.65. The fourth-order valence-electron chi connectivity index (χ4n) is 4.79. The second kappa shape index (κ2) is 13.3. The molecule has 0 spiro atoms. The molecule has 0 radical (unpaired) electrons. The summed E-state index contributed by atoms with van der Waals surface area (Å²) in [6, 6.07) is 21.5. The normalized spacial score (nSPS) is 16.5. The molecule has 1 amide bonds. The highest BCUT2D eigenvalue weighted by Gasteiger charge is 2.46. The zero-order valence-corrected chi connectivity index (χ0v) is 23.9. The lowest BCUT2D eigenvalue weighted by molar-refractivity contribution is -0.140. The second-order valence-corrected chi connectivity index (χ2v) is 10.8. The number of aryl methyl sites for hydroxylation is 1. The number of aliphatic hydroxyl groups excluding tert-OH is 1. The van der Waals surface area contributed by atoms with Crippen molar-refractivity contribution in [2.24, 2.45) is 5.92 Å². The highest BCUT2D eigenvalue weighted by molar-refractivity contribution is 6.46. The van der Waals surface area contributed by atoms with E-state index >= 15 is 0 Å². The lowest BCUT2D eigenvalue weighted by Crippen LogP contribution is -2.29. The second-order valence-electron chi connectivity index (χ2n) is 10.8. The van der Waals surface area contributed by atoms with Gasteiger partial charge in [-0.25, -0.2) is 0 Å². The molecule has 0 bridgehead atoms. The number of amides is 1. The van der Waals surface area contributed by atoms with E-state index in [1.54, 1.807) is 24.3 Å². The van der Waals surface area contributed by atoms with Crippen molar-refractivity contribution < 1.29 is 24.2 Å². The summed E-state index contributed by atoms with van der Waals surface area (Å²) in [5.74, 6) is 0.347. The summed E-state index contributed by atoms with van der Waals surface area (Å²) in [6.45, 7) is 9.75. The zero-order valence-electron chi connectivity index (χ0n) is 23.9. The Morgan fingerprint density at radius 1 is 0.925 bits per heavy atom. The van der Waals surface area contributed by atoms with Gasteiger partial charge in [-0.2, -0.15) is 0 Å². The number of carbonyl (C=O) groups excluding carboxylic acids is 2. The zero-order chi connectivity index (χ0) is 28.6. The van der Waals surface area contributed by atoms with E-state index in [2.05, 4.69) is 20.8 Å². The molecule has 0 aliphatic carbocycles. The van der Waals surface area contributed by atoms with Gasteiger partial charge in [-0.15, -0.1) is 0 Å². The summed E-state index contributed by atoms with van der Waals surface area (Å²) >= 11 is 0. The van der Waals surface area contributed by atoms with E-state index in [-0.39, 0.29) is 17.9 Å². The minimum Gasteiger partial charge on any atom is -0.507 e. The van der Waals surface area contributed by atoms with Crippen LogP contribution in [0.25, 0.3) is 5.76 Å². The van der Waals surface area contributed by atoms with Gasteiger partial charge in [0.25, 0.3) is 11.7 Å². The van der Waals surface area contributed by atoms with Crippen LogP contribution >= 0.6 is 0 Å². The number of Topliss-reactive ketones (excluding diaryl/α,β-unsaturated/α-hetero) is 1. The summed E-state index contributed by atoms with van der Waals surface area (Å²) in [5.41, 5.74) is 3.18. The monoisotopic (exact) mass is 541 g/mol. The molecule has 1 N–H and O–H groups in total. The molecule has 1 aliphatic rings. The van der Waals surface area contributed by atoms with Crippen molar-refractivity contribution in [2.45, 2.75) is 59.5 Å². The maximum atomic E-state index is 13.4. The van der Waals surface area contributed by atoms with Crippen molar-refractivity contribution in [3.63, 3.8) is 0 Å². The Labute approximate surface area is 237 Å². The summed E-state index contributed by atoms with van der Waals surface area (Å²) in [7, 11) is 0. The van der Waals surface area contributed by atoms with Crippen LogP contribution in [0.1, 0.15) is 68.3 Å². The molecule has 4 rings (SSSR count). The van der Waals surface area contributed by atoms with Crippen LogP contribution in [0, 0.1) is 12.8 Å². The van der Waals surface area contributed by atoms with Gasteiger partial charge in [-0.3, -0.25) is 9.59 Å². The van der Waals surface area contributed by atoms with Crippen LogP contribution in [0.15, 0.2) is 78.4 Å². The SMILES string of the molecule is CCCCCOc1ccc(/C(O)=C2/C(=O)C(=O)N(Cc3ccc(OCC(C)C)cc3)C2c2cccc(C)c2)cc1. The Hall–Kier alpha value is -4.06. The number of carbonyl (C=O) groups is 2. The van der Waals surface area contributed by atoms with Crippen molar-refractivity contribution in [3.05, 3.63) is 101 Å². The van der Waals surface area contributed by atoms with Crippen LogP contribution < -0.4 is 9.47 Å². The maximum Gasteiger partial charge on any atom is 0.295 e. The van der Waals surface area contributed by atoms with Gasteiger partial charge in [0.1, 0.15) is 17.3 Å². The van der Waals surface area contributed by atoms with Crippen LogP contribution in [0.2, 0.25) is 0 Å². The summed E-state index contributed by atoms with van der Waals surface area (Å²) in [6.07, 6.45) is 3.20. The lowest BCUT2D eigenvalue weighted by Gasteiger charge is -2.26. The minimum absolute atomic E-state index is 0.0871. The van der Waals surface area contributed by atoms with Gasteiger partial charge in [0.05, 0.1) is 24.8 Å². The van der Waals surface area contributed by atoms with Gasteiger partial charge in [0.2, 0.25) is 0 Å². The Morgan fingerprint density at radius 2 is 1.60 bits per heavy atom. The number of unbranched alkanes of at least 4 members (excludes halogenated alkanes) is 2. The highest BCUT2D eigenvalue weighted by atomic mass is 16.5. The molecule has 40 heavy (non-hydrogen) atoms. The molecule has 1 unspecified atom stereocenters. The molecule has 1 heterocycles. The molecule has 6 nitrogen and oxygen atoms in total. The molecule has 3 aromatic carbocycles. The molecule has 3 aromatic rings. The van der Waals surface area contributed by atoms with Gasteiger partial charge in [0, 0.05) is 12.1 Å². The first-order valence-corrected chi connectivity index (χ1v) is 14.1. The molecule has 1 fully saturated rings. The molecule has 1 saturated heterocycles. The van der Waals surface area contributed by atoms with Gasteiger partial charge < -0.3 is 19.5 Å². The van der Waals surface area contributed by atoms with E-state index < -0.39 is 17.7 Å². The summed E-state index contributed by atoms with van der Waals surface area (Å²) in [4.78, 5) is 28.3. The molecule has 1 aliphatic heterocycles.